The molecule has 0 saturated carbocycles. The molecule has 0 unspecified atom stereocenters. The quantitative estimate of drug-likeness (QED) is 0.0382. The van der Waals surface area contributed by atoms with Gasteiger partial charge in [0.15, 0.2) is 12.6 Å². The molecule has 26 atom stereocenters. The normalized spacial score (nSPS) is 38.1. The third-order valence-electron chi connectivity index (χ3n) is 13.5. The molecule has 4 aliphatic rings. The van der Waals surface area contributed by atoms with E-state index >= 15 is 0 Å². The smallest absolute Gasteiger partial charge is 0.364 e. The number of carboxylic acids is 2. The molecule has 456 valence electrons. The molecule has 21 N–H and O–H groups in total. The third kappa shape index (κ3) is 15.9. The van der Waals surface area contributed by atoms with Gasteiger partial charge in [0.05, 0.1) is 69.5 Å². The summed E-state index contributed by atoms with van der Waals surface area (Å²) >= 11 is 0. The van der Waals surface area contributed by atoms with Gasteiger partial charge < -0.3 is 146 Å². The molecule has 4 rings (SSSR count). The predicted molar refractivity (Wildman–Crippen MR) is 248 cm³/mol. The Bertz CT molecular complexity index is 2050. The van der Waals surface area contributed by atoms with Gasteiger partial charge in [0.25, 0.3) is 11.6 Å². The van der Waals surface area contributed by atoms with Gasteiger partial charge in [0.1, 0.15) is 97.6 Å². The SMILES string of the molecule is CC(=O)N[C@H]1[C@@H](O[C@@H]([C@@H](O)[C@H](O)CO[C@]2(C(=O)O)C[C@H](O)[C@@H](NC(C)=O)[C@H]([C@H](O)[C@@H](CO)O[C@]3(C(=O)O)C[C@H](O)[C@@H](NC(C)=O)[C@H]([C@H](O)[C@H](O)CO)O3)O2)[C@H](CO)NC(C)=O)O[C@H](CO)[C@H](O)[C@@H]1O[C@@H]1O[C@@H](C)[C@@H](O)[C@@H](O)[C@@H]1O. The van der Waals surface area contributed by atoms with E-state index in [9.17, 15) is 116 Å². The van der Waals surface area contributed by atoms with E-state index in [1.165, 1.54) is 6.92 Å². The molecule has 35 nitrogen and oxygen atoms in total. The van der Waals surface area contributed by atoms with Crippen molar-refractivity contribution in [3.63, 3.8) is 0 Å². The summed E-state index contributed by atoms with van der Waals surface area (Å²) in [5.74, 6) is -14.5. The van der Waals surface area contributed by atoms with Crippen LogP contribution in [0.15, 0.2) is 0 Å². The maximum atomic E-state index is 13.2. The lowest BCUT2D eigenvalue weighted by Gasteiger charge is -2.49. The van der Waals surface area contributed by atoms with Crippen LogP contribution in [0.3, 0.4) is 0 Å². The van der Waals surface area contributed by atoms with E-state index in [1.54, 1.807) is 0 Å². The van der Waals surface area contributed by atoms with Gasteiger partial charge in [-0.15, -0.1) is 0 Å². The average molecular weight is 1160 g/mol. The van der Waals surface area contributed by atoms with Crippen LogP contribution in [0, 0.1) is 0 Å². The summed E-state index contributed by atoms with van der Waals surface area (Å²) in [5, 5.41) is 192. The minimum atomic E-state index is -3.29. The van der Waals surface area contributed by atoms with Gasteiger partial charge in [-0.1, -0.05) is 0 Å². The number of amides is 4. The van der Waals surface area contributed by atoms with E-state index in [4.69, 9.17) is 37.9 Å². The molecule has 0 spiro atoms. The number of carboxylic acid groups (broad SMARTS) is 2. The van der Waals surface area contributed by atoms with Gasteiger partial charge in [-0.25, -0.2) is 9.59 Å². The molecule has 79 heavy (non-hydrogen) atoms. The summed E-state index contributed by atoms with van der Waals surface area (Å²) in [6.45, 7) is -1.15. The Labute approximate surface area is 448 Å². The maximum Gasteiger partial charge on any atom is 0.364 e. The fraction of sp³-hybridized carbons (Fsp3) is 0.864. The second kappa shape index (κ2) is 28.7. The van der Waals surface area contributed by atoms with Crippen LogP contribution in [-0.4, -0.2) is 314 Å². The van der Waals surface area contributed by atoms with Crippen molar-refractivity contribution < 1.29 is 153 Å². The Kier molecular flexibility index (Phi) is 24.5. The van der Waals surface area contributed by atoms with Crippen LogP contribution in [0.2, 0.25) is 0 Å². The monoisotopic (exact) mass is 1150 g/mol. The number of carbonyl (C=O) groups is 6. The zero-order valence-corrected chi connectivity index (χ0v) is 43.1. The van der Waals surface area contributed by atoms with Crippen LogP contribution in [0.1, 0.15) is 47.5 Å². The zero-order valence-electron chi connectivity index (χ0n) is 43.1. The number of rotatable bonds is 26. The van der Waals surface area contributed by atoms with Crippen molar-refractivity contribution >= 4 is 35.6 Å². The predicted octanol–water partition coefficient (Wildman–Crippen LogP) is -12.3. The van der Waals surface area contributed by atoms with Crippen LogP contribution >= 0.6 is 0 Å². The first kappa shape index (κ1) is 67.4. The first-order chi connectivity index (χ1) is 36.8. The van der Waals surface area contributed by atoms with Crippen LogP contribution < -0.4 is 21.3 Å². The van der Waals surface area contributed by atoms with Crippen molar-refractivity contribution in [1.29, 1.82) is 0 Å². The Morgan fingerprint density at radius 1 is 0.608 bits per heavy atom. The molecule has 0 radical (unpaired) electrons. The number of carbonyl (C=O) groups excluding carboxylic acids is 4. The highest BCUT2D eigenvalue weighted by Gasteiger charge is 2.61. The first-order valence-electron chi connectivity index (χ1n) is 24.6. The van der Waals surface area contributed by atoms with E-state index in [0.717, 1.165) is 27.7 Å². The molecule has 0 aliphatic carbocycles. The Morgan fingerprint density at radius 3 is 1.61 bits per heavy atom. The number of aliphatic hydroxyl groups excluding tert-OH is 15. The van der Waals surface area contributed by atoms with Crippen LogP contribution in [0.25, 0.3) is 0 Å². The maximum absolute atomic E-state index is 13.2. The van der Waals surface area contributed by atoms with Gasteiger partial charge in [-0.2, -0.15) is 0 Å². The highest BCUT2D eigenvalue weighted by atomic mass is 16.8. The molecule has 4 aliphatic heterocycles. The number of ether oxygens (including phenoxy) is 8. The summed E-state index contributed by atoms with van der Waals surface area (Å²) in [5.41, 5.74) is 0. The topological polar surface area (TPSA) is 568 Å². The highest BCUT2D eigenvalue weighted by molar-refractivity contribution is 5.78. The molecule has 0 aromatic heterocycles. The van der Waals surface area contributed by atoms with Gasteiger partial charge in [0, 0.05) is 40.5 Å². The Morgan fingerprint density at radius 2 is 1.13 bits per heavy atom. The lowest BCUT2D eigenvalue weighted by Crippen LogP contribution is -2.70. The molecule has 35 heteroatoms. The Balaban J connectivity index is 1.70. The molecular formula is C44H74N4O31. The number of hydrogen-bond donors (Lipinski definition) is 21. The molecular weight excluding hydrogens is 1080 g/mol. The number of nitrogens with one attached hydrogen (secondary N) is 4. The highest BCUT2D eigenvalue weighted by Crippen LogP contribution is 2.39. The molecule has 0 bridgehead atoms. The van der Waals surface area contributed by atoms with Crippen LogP contribution in [0.5, 0.6) is 0 Å². The average Bonchev–Trinajstić information content (AvgIpc) is 3.54. The summed E-state index contributed by atoms with van der Waals surface area (Å²) < 4.78 is 45.4. The van der Waals surface area contributed by atoms with E-state index in [1.807, 2.05) is 0 Å². The lowest BCUT2D eigenvalue weighted by molar-refractivity contribution is -0.350. The molecule has 4 fully saturated rings. The van der Waals surface area contributed by atoms with Crippen molar-refractivity contribution in [2.24, 2.45) is 0 Å². The second-order valence-corrected chi connectivity index (χ2v) is 19.5. The van der Waals surface area contributed by atoms with Crippen molar-refractivity contribution in [2.45, 2.75) is 206 Å². The van der Waals surface area contributed by atoms with Gasteiger partial charge in [-0.05, 0) is 6.92 Å². The lowest BCUT2D eigenvalue weighted by atomic mass is 9.87. The largest absolute Gasteiger partial charge is 0.477 e. The minimum Gasteiger partial charge on any atom is -0.477 e. The second-order valence-electron chi connectivity index (χ2n) is 19.5. The van der Waals surface area contributed by atoms with Crippen molar-refractivity contribution in [3.05, 3.63) is 0 Å². The van der Waals surface area contributed by atoms with E-state index < -0.39 is 240 Å². The standard InChI is InChI=1S/C44H74N4O31/c1-13-28(61)33(66)34(67)40(73-13)76-36-27(48-17(5)56)39(74-23(10-51)31(36)64)75-35(18(8-49)45-14(2)53)30(63)22(60)12-72-43(41(68)69)6-19(57)26(47-16(4)55)38(78-43)32(65)24(11-52)77-44(42(70)71)7-20(58)25(46-15(3)54)37(79-44)29(62)21(59)9-50/h13,18-40,49-52,57-67H,6-12H2,1-5H3,(H,45,53)(H,46,54)(H,47,55)(H,48,56)(H,68,69)(H,70,71)/t13-,18-,19-,20-,21+,22+,23+,24+,25+,26+,27+,28+,29+,30-,31-,32+,33+,34-,35+,36+,37+,38+,39+,40-,43+,44+/m0/s1. The van der Waals surface area contributed by atoms with Crippen molar-refractivity contribution in [2.75, 3.05) is 33.0 Å². The fourth-order valence-electron chi connectivity index (χ4n) is 9.48. The van der Waals surface area contributed by atoms with Crippen molar-refractivity contribution in [1.82, 2.24) is 21.3 Å². The summed E-state index contributed by atoms with van der Waals surface area (Å²) in [6.07, 6.45) is -43.8. The molecule has 4 heterocycles. The summed E-state index contributed by atoms with van der Waals surface area (Å²) in [4.78, 5) is 75.7. The van der Waals surface area contributed by atoms with Gasteiger partial charge >= 0.3 is 11.9 Å². The number of aliphatic hydroxyl groups is 15. The minimum absolute atomic E-state index is 0.856. The summed E-state index contributed by atoms with van der Waals surface area (Å²) in [7, 11) is 0. The van der Waals surface area contributed by atoms with Crippen LogP contribution in [0.4, 0.5) is 0 Å². The van der Waals surface area contributed by atoms with Crippen LogP contribution in [-0.2, 0) is 66.7 Å². The molecule has 4 amide bonds. The number of hydrogen-bond acceptors (Lipinski definition) is 29. The van der Waals surface area contributed by atoms with E-state index in [2.05, 4.69) is 21.3 Å². The molecule has 0 aromatic rings. The summed E-state index contributed by atoms with van der Waals surface area (Å²) in [6, 6.07) is -7.21. The van der Waals surface area contributed by atoms with Gasteiger partial charge in [-0.3, -0.25) is 19.2 Å². The van der Waals surface area contributed by atoms with Gasteiger partial charge in [0.2, 0.25) is 23.6 Å². The zero-order chi connectivity index (χ0) is 59.8. The molecule has 4 saturated heterocycles. The van der Waals surface area contributed by atoms with E-state index in [-0.39, 0.29) is 0 Å². The Hall–Kier alpha value is -4.10. The number of aliphatic carboxylic acids is 2. The third-order valence-corrected chi connectivity index (χ3v) is 13.5. The first-order valence-corrected chi connectivity index (χ1v) is 24.6. The van der Waals surface area contributed by atoms with Crippen molar-refractivity contribution in [3.8, 4) is 0 Å². The molecule has 0 aromatic carbocycles. The fourth-order valence-corrected chi connectivity index (χ4v) is 9.48. The van der Waals surface area contributed by atoms with E-state index in [0.29, 0.717) is 0 Å².